The average molecular weight is 225 g/mol. The second kappa shape index (κ2) is 5.70. The van der Waals surface area contributed by atoms with E-state index >= 15 is 0 Å². The van der Waals surface area contributed by atoms with Crippen LogP contribution in [0.3, 0.4) is 0 Å². The molecule has 0 N–H and O–H groups in total. The van der Waals surface area contributed by atoms with Gasteiger partial charge in [0.15, 0.2) is 0 Å². The fourth-order valence-electron chi connectivity index (χ4n) is 2.95. The van der Waals surface area contributed by atoms with Crippen molar-refractivity contribution in [2.24, 2.45) is 17.8 Å². The van der Waals surface area contributed by atoms with Gasteiger partial charge in [0.1, 0.15) is 0 Å². The minimum absolute atomic E-state index is 0.222. The van der Waals surface area contributed by atoms with Gasteiger partial charge in [0.25, 0.3) is 0 Å². The van der Waals surface area contributed by atoms with Crippen LogP contribution >= 0.6 is 0 Å². The summed E-state index contributed by atoms with van der Waals surface area (Å²) in [5, 5.41) is 0. The lowest BCUT2D eigenvalue weighted by atomic mass is 9.91. The van der Waals surface area contributed by atoms with Crippen molar-refractivity contribution in [3.8, 4) is 0 Å². The molecule has 1 saturated heterocycles. The molecule has 1 heterocycles. The second-order valence-corrected chi connectivity index (χ2v) is 5.65. The molecule has 2 heteroatoms. The van der Waals surface area contributed by atoms with E-state index < -0.39 is 0 Å². The van der Waals surface area contributed by atoms with Gasteiger partial charge in [-0.1, -0.05) is 34.6 Å². The number of carbonyl (C=O) groups is 1. The quantitative estimate of drug-likeness (QED) is 0.719. The van der Waals surface area contributed by atoms with Gasteiger partial charge in [0.05, 0.1) is 0 Å². The molecule has 2 unspecified atom stereocenters. The Kier molecular flexibility index (Phi) is 4.82. The number of rotatable bonds is 4. The average Bonchev–Trinajstić information content (AvgIpc) is 2.59. The number of carbonyl (C=O) groups excluding carboxylic acids is 1. The first kappa shape index (κ1) is 13.5. The first-order valence-electron chi connectivity index (χ1n) is 6.81. The lowest BCUT2D eigenvalue weighted by molar-refractivity contribution is -0.138. The summed E-state index contributed by atoms with van der Waals surface area (Å²) >= 11 is 0. The summed E-state index contributed by atoms with van der Waals surface area (Å²) in [6.45, 7) is 11.9. The van der Waals surface area contributed by atoms with Gasteiger partial charge in [-0.2, -0.15) is 0 Å². The van der Waals surface area contributed by atoms with Crippen LogP contribution in [0.15, 0.2) is 0 Å². The van der Waals surface area contributed by atoms with Crippen molar-refractivity contribution in [2.75, 3.05) is 6.54 Å². The van der Waals surface area contributed by atoms with E-state index in [-0.39, 0.29) is 5.92 Å². The third kappa shape index (κ3) is 2.78. The Morgan fingerprint density at radius 2 is 2.00 bits per heavy atom. The number of nitrogens with zero attached hydrogens (tertiary/aromatic N) is 1. The zero-order valence-corrected chi connectivity index (χ0v) is 11.5. The summed E-state index contributed by atoms with van der Waals surface area (Å²) < 4.78 is 0. The Morgan fingerprint density at radius 3 is 2.44 bits per heavy atom. The van der Waals surface area contributed by atoms with Crippen molar-refractivity contribution < 1.29 is 4.79 Å². The minimum Gasteiger partial charge on any atom is -0.339 e. The molecule has 0 aromatic heterocycles. The molecule has 1 aliphatic heterocycles. The van der Waals surface area contributed by atoms with Crippen molar-refractivity contribution >= 4 is 5.91 Å². The third-order valence-corrected chi connectivity index (χ3v) is 3.94. The Balaban J connectivity index is 2.71. The molecule has 0 saturated carbocycles. The zero-order chi connectivity index (χ0) is 12.3. The van der Waals surface area contributed by atoms with E-state index in [0.717, 1.165) is 19.4 Å². The second-order valence-electron chi connectivity index (χ2n) is 5.65. The molecule has 0 aromatic rings. The first-order valence-corrected chi connectivity index (χ1v) is 6.81. The summed E-state index contributed by atoms with van der Waals surface area (Å²) in [4.78, 5) is 14.6. The van der Waals surface area contributed by atoms with Crippen LogP contribution < -0.4 is 0 Å². The molecule has 94 valence electrons. The van der Waals surface area contributed by atoms with Gasteiger partial charge in [0, 0.05) is 18.5 Å². The molecule has 16 heavy (non-hydrogen) atoms. The maximum atomic E-state index is 12.5. The Labute approximate surface area is 100 Å². The normalized spacial score (nSPS) is 27.5. The minimum atomic E-state index is 0.222. The summed E-state index contributed by atoms with van der Waals surface area (Å²) in [5.74, 6) is 1.76. The van der Waals surface area contributed by atoms with Crippen LogP contribution in [-0.2, 0) is 4.79 Å². The smallest absolute Gasteiger partial charge is 0.226 e. The molecule has 3 atom stereocenters. The maximum absolute atomic E-state index is 12.5. The van der Waals surface area contributed by atoms with Crippen LogP contribution in [0.2, 0.25) is 0 Å². The highest BCUT2D eigenvalue weighted by atomic mass is 16.2. The van der Waals surface area contributed by atoms with E-state index in [1.165, 1.54) is 6.42 Å². The Bertz CT molecular complexity index is 237. The third-order valence-electron chi connectivity index (χ3n) is 3.94. The van der Waals surface area contributed by atoms with Gasteiger partial charge in [-0.25, -0.2) is 0 Å². The highest BCUT2D eigenvalue weighted by Crippen LogP contribution is 2.29. The molecule has 0 aliphatic carbocycles. The molecule has 1 amide bonds. The van der Waals surface area contributed by atoms with Crippen LogP contribution in [-0.4, -0.2) is 23.4 Å². The standard InChI is InChI=1S/C14H27NO/c1-6-12-8-11(5)9-15(12)14(16)13(7-2)10(3)4/h10-13H,6-9H2,1-5H3/t11?,12-,13?/m1/s1. The van der Waals surface area contributed by atoms with E-state index in [1.807, 2.05) is 0 Å². The highest BCUT2D eigenvalue weighted by Gasteiger charge is 2.35. The van der Waals surface area contributed by atoms with Gasteiger partial charge in [-0.05, 0) is 31.1 Å². The van der Waals surface area contributed by atoms with E-state index in [1.54, 1.807) is 0 Å². The van der Waals surface area contributed by atoms with Crippen LogP contribution in [0, 0.1) is 17.8 Å². The molecule has 1 fully saturated rings. The number of amides is 1. The number of likely N-dealkylation sites (tertiary alicyclic amines) is 1. The zero-order valence-electron chi connectivity index (χ0n) is 11.5. The van der Waals surface area contributed by atoms with Gasteiger partial charge in [-0.3, -0.25) is 4.79 Å². The predicted molar refractivity (Wildman–Crippen MR) is 68.2 cm³/mol. The molecule has 0 bridgehead atoms. The van der Waals surface area contributed by atoms with Crippen molar-refractivity contribution in [3.63, 3.8) is 0 Å². The van der Waals surface area contributed by atoms with E-state index in [9.17, 15) is 4.79 Å². The lowest BCUT2D eigenvalue weighted by Gasteiger charge is -2.29. The molecular formula is C14H27NO. The maximum Gasteiger partial charge on any atom is 0.226 e. The summed E-state index contributed by atoms with van der Waals surface area (Å²) in [6, 6.07) is 0.496. The Hall–Kier alpha value is -0.530. The summed E-state index contributed by atoms with van der Waals surface area (Å²) in [5.41, 5.74) is 0. The molecule has 0 aromatic carbocycles. The number of hydrogen-bond acceptors (Lipinski definition) is 1. The lowest BCUT2D eigenvalue weighted by Crippen LogP contribution is -2.41. The number of hydrogen-bond donors (Lipinski definition) is 0. The molecule has 0 radical (unpaired) electrons. The van der Waals surface area contributed by atoms with Gasteiger partial charge >= 0.3 is 0 Å². The van der Waals surface area contributed by atoms with Crippen LogP contribution in [0.5, 0.6) is 0 Å². The fraction of sp³-hybridized carbons (Fsp3) is 0.929. The molecule has 0 spiro atoms. The van der Waals surface area contributed by atoms with Crippen LogP contribution in [0.1, 0.15) is 53.9 Å². The van der Waals surface area contributed by atoms with E-state index in [2.05, 4.69) is 39.5 Å². The molecule has 1 aliphatic rings. The van der Waals surface area contributed by atoms with Gasteiger partial charge in [-0.15, -0.1) is 0 Å². The fourth-order valence-corrected chi connectivity index (χ4v) is 2.95. The van der Waals surface area contributed by atoms with Crippen molar-refractivity contribution in [3.05, 3.63) is 0 Å². The molecule has 2 nitrogen and oxygen atoms in total. The molecule has 1 rings (SSSR count). The van der Waals surface area contributed by atoms with Gasteiger partial charge in [0.2, 0.25) is 5.91 Å². The van der Waals surface area contributed by atoms with E-state index in [0.29, 0.717) is 23.8 Å². The monoisotopic (exact) mass is 225 g/mol. The van der Waals surface area contributed by atoms with E-state index in [4.69, 9.17) is 0 Å². The van der Waals surface area contributed by atoms with Crippen molar-refractivity contribution in [2.45, 2.75) is 59.9 Å². The summed E-state index contributed by atoms with van der Waals surface area (Å²) in [6.07, 6.45) is 3.26. The van der Waals surface area contributed by atoms with Crippen LogP contribution in [0.4, 0.5) is 0 Å². The van der Waals surface area contributed by atoms with Crippen molar-refractivity contribution in [1.82, 2.24) is 4.90 Å². The van der Waals surface area contributed by atoms with Crippen molar-refractivity contribution in [1.29, 1.82) is 0 Å². The Morgan fingerprint density at radius 1 is 1.38 bits per heavy atom. The largest absolute Gasteiger partial charge is 0.339 e. The van der Waals surface area contributed by atoms with Gasteiger partial charge < -0.3 is 4.90 Å². The SMILES string of the molecule is CCC(C(=O)N1CC(C)C[C@H]1CC)C(C)C. The summed E-state index contributed by atoms with van der Waals surface area (Å²) in [7, 11) is 0. The first-order chi connectivity index (χ1) is 7.51. The predicted octanol–water partition coefficient (Wildman–Crippen LogP) is 3.32. The topological polar surface area (TPSA) is 20.3 Å². The van der Waals surface area contributed by atoms with Crippen LogP contribution in [0.25, 0.3) is 0 Å². The highest BCUT2D eigenvalue weighted by molar-refractivity contribution is 5.79. The molecular weight excluding hydrogens is 198 g/mol.